The number of para-hydroxylation sites is 1. The van der Waals surface area contributed by atoms with E-state index < -0.39 is 0 Å². The summed E-state index contributed by atoms with van der Waals surface area (Å²) in [5.41, 5.74) is 0.787. The van der Waals surface area contributed by atoms with Gasteiger partial charge in [-0.3, -0.25) is 0 Å². The van der Waals surface area contributed by atoms with Gasteiger partial charge in [-0.05, 0) is 19.1 Å². The van der Waals surface area contributed by atoms with E-state index >= 15 is 0 Å². The van der Waals surface area contributed by atoms with Crippen LogP contribution in [0.2, 0.25) is 0 Å². The van der Waals surface area contributed by atoms with Crippen molar-refractivity contribution >= 4 is 0 Å². The van der Waals surface area contributed by atoms with Gasteiger partial charge in [-0.1, -0.05) is 6.07 Å². The lowest BCUT2D eigenvalue weighted by Gasteiger charge is -2.09. The van der Waals surface area contributed by atoms with Gasteiger partial charge in [-0.2, -0.15) is 0 Å². The van der Waals surface area contributed by atoms with Gasteiger partial charge in [0.2, 0.25) is 5.89 Å². The highest BCUT2D eigenvalue weighted by molar-refractivity contribution is 5.67. The number of nitrogens with zero attached hydrogens (tertiary/aromatic N) is 1. The summed E-state index contributed by atoms with van der Waals surface area (Å²) in [5, 5.41) is 0. The molecule has 1 heterocycles. The monoisotopic (exact) mass is 219 g/mol. The van der Waals surface area contributed by atoms with Crippen LogP contribution < -0.4 is 9.47 Å². The van der Waals surface area contributed by atoms with Crippen molar-refractivity contribution in [3.05, 3.63) is 30.2 Å². The molecule has 0 amide bonds. The third-order valence-corrected chi connectivity index (χ3v) is 2.25. The Morgan fingerprint density at radius 1 is 1.19 bits per heavy atom. The van der Waals surface area contributed by atoms with E-state index in [1.54, 1.807) is 20.4 Å². The molecule has 0 bridgehead atoms. The van der Waals surface area contributed by atoms with E-state index in [2.05, 4.69) is 4.98 Å². The van der Waals surface area contributed by atoms with Gasteiger partial charge in [0.25, 0.3) is 0 Å². The highest BCUT2D eigenvalue weighted by Gasteiger charge is 2.14. The van der Waals surface area contributed by atoms with E-state index in [-0.39, 0.29) is 0 Å². The Hall–Kier alpha value is -1.97. The van der Waals surface area contributed by atoms with Gasteiger partial charge < -0.3 is 13.9 Å². The fourth-order valence-corrected chi connectivity index (χ4v) is 1.53. The summed E-state index contributed by atoms with van der Waals surface area (Å²) in [7, 11) is 3.19. The van der Waals surface area contributed by atoms with Crippen molar-refractivity contribution in [3.8, 4) is 23.0 Å². The normalized spacial score (nSPS) is 10.2. The topological polar surface area (TPSA) is 44.5 Å². The van der Waals surface area contributed by atoms with Gasteiger partial charge >= 0.3 is 0 Å². The van der Waals surface area contributed by atoms with Crippen LogP contribution in [0.1, 0.15) is 5.76 Å². The molecule has 1 aromatic heterocycles. The van der Waals surface area contributed by atoms with Crippen molar-refractivity contribution in [2.24, 2.45) is 0 Å². The van der Waals surface area contributed by atoms with Gasteiger partial charge in [-0.25, -0.2) is 4.98 Å². The first-order chi connectivity index (χ1) is 7.76. The highest BCUT2D eigenvalue weighted by Crippen LogP contribution is 2.37. The second kappa shape index (κ2) is 4.26. The molecular weight excluding hydrogens is 206 g/mol. The first-order valence-corrected chi connectivity index (χ1v) is 4.90. The molecule has 16 heavy (non-hydrogen) atoms. The molecule has 0 saturated carbocycles. The standard InChI is InChI=1S/C12H13NO3/c1-8-7-13-12(16-8)9-5-4-6-10(14-2)11(9)15-3/h4-7H,1-3H3. The van der Waals surface area contributed by atoms with Crippen LogP contribution >= 0.6 is 0 Å². The van der Waals surface area contributed by atoms with Gasteiger partial charge in [0, 0.05) is 0 Å². The zero-order valence-corrected chi connectivity index (χ0v) is 9.48. The fraction of sp³-hybridized carbons (Fsp3) is 0.250. The molecule has 0 fully saturated rings. The van der Waals surface area contributed by atoms with Crippen LogP contribution in [0, 0.1) is 6.92 Å². The van der Waals surface area contributed by atoms with E-state index in [1.807, 2.05) is 25.1 Å². The summed E-state index contributed by atoms with van der Waals surface area (Å²) >= 11 is 0. The lowest BCUT2D eigenvalue weighted by atomic mass is 10.2. The van der Waals surface area contributed by atoms with Crippen molar-refractivity contribution < 1.29 is 13.9 Å². The minimum atomic E-state index is 0.535. The summed E-state index contributed by atoms with van der Waals surface area (Å²) in [6.45, 7) is 1.85. The van der Waals surface area contributed by atoms with Gasteiger partial charge in [0.1, 0.15) is 5.76 Å². The Morgan fingerprint density at radius 2 is 2.00 bits per heavy atom. The number of aryl methyl sites for hydroxylation is 1. The maximum atomic E-state index is 5.46. The van der Waals surface area contributed by atoms with Crippen LogP contribution in [-0.2, 0) is 0 Å². The maximum Gasteiger partial charge on any atom is 0.230 e. The summed E-state index contributed by atoms with van der Waals surface area (Å²) in [6.07, 6.45) is 1.67. The summed E-state index contributed by atoms with van der Waals surface area (Å²) in [5.74, 6) is 2.59. The number of hydrogen-bond donors (Lipinski definition) is 0. The SMILES string of the molecule is COc1cccc(-c2ncc(C)o2)c1OC. The summed E-state index contributed by atoms with van der Waals surface area (Å²) in [4.78, 5) is 4.17. The van der Waals surface area contributed by atoms with Crippen molar-refractivity contribution in [1.82, 2.24) is 4.98 Å². The Labute approximate surface area is 93.8 Å². The lowest BCUT2D eigenvalue weighted by molar-refractivity contribution is 0.355. The molecule has 0 radical (unpaired) electrons. The van der Waals surface area contributed by atoms with E-state index in [4.69, 9.17) is 13.9 Å². The minimum absolute atomic E-state index is 0.535. The van der Waals surface area contributed by atoms with Crippen LogP contribution in [0.25, 0.3) is 11.5 Å². The van der Waals surface area contributed by atoms with Crippen molar-refractivity contribution in [3.63, 3.8) is 0 Å². The number of aromatic nitrogens is 1. The summed E-state index contributed by atoms with van der Waals surface area (Å²) < 4.78 is 16.0. The predicted molar refractivity (Wildman–Crippen MR) is 59.8 cm³/mol. The summed E-state index contributed by atoms with van der Waals surface area (Å²) in [6, 6.07) is 5.58. The smallest absolute Gasteiger partial charge is 0.230 e. The zero-order valence-electron chi connectivity index (χ0n) is 9.48. The quantitative estimate of drug-likeness (QED) is 0.796. The second-order valence-corrected chi connectivity index (χ2v) is 3.32. The van der Waals surface area contributed by atoms with Crippen molar-refractivity contribution in [1.29, 1.82) is 0 Å². The molecule has 0 aliphatic rings. The molecule has 0 spiro atoms. The lowest BCUT2D eigenvalue weighted by Crippen LogP contribution is -1.93. The molecule has 4 heteroatoms. The van der Waals surface area contributed by atoms with Gasteiger partial charge in [0.05, 0.1) is 26.0 Å². The van der Waals surface area contributed by atoms with Gasteiger partial charge in [0.15, 0.2) is 11.5 Å². The maximum absolute atomic E-state index is 5.46. The van der Waals surface area contributed by atoms with Crippen LogP contribution in [0.5, 0.6) is 11.5 Å². The van der Waals surface area contributed by atoms with Crippen LogP contribution in [-0.4, -0.2) is 19.2 Å². The Kier molecular flexibility index (Phi) is 2.81. The Balaban J connectivity index is 2.56. The molecule has 2 aromatic rings. The minimum Gasteiger partial charge on any atom is -0.493 e. The molecule has 0 aliphatic heterocycles. The molecule has 0 saturated heterocycles. The average molecular weight is 219 g/mol. The number of hydrogen-bond acceptors (Lipinski definition) is 4. The predicted octanol–water partition coefficient (Wildman–Crippen LogP) is 2.67. The van der Waals surface area contributed by atoms with E-state index in [0.717, 1.165) is 11.3 Å². The van der Waals surface area contributed by atoms with Crippen molar-refractivity contribution in [2.45, 2.75) is 6.92 Å². The molecule has 4 nitrogen and oxygen atoms in total. The Morgan fingerprint density at radius 3 is 2.56 bits per heavy atom. The number of rotatable bonds is 3. The highest BCUT2D eigenvalue weighted by atomic mass is 16.5. The van der Waals surface area contributed by atoms with Gasteiger partial charge in [-0.15, -0.1) is 0 Å². The molecule has 0 N–H and O–H groups in total. The number of ether oxygens (including phenoxy) is 2. The zero-order chi connectivity index (χ0) is 11.5. The molecule has 0 atom stereocenters. The molecular formula is C12H13NO3. The number of benzene rings is 1. The first-order valence-electron chi connectivity index (χ1n) is 4.90. The number of oxazole rings is 1. The van der Waals surface area contributed by atoms with E-state index in [1.165, 1.54) is 0 Å². The fourth-order valence-electron chi connectivity index (χ4n) is 1.53. The van der Waals surface area contributed by atoms with E-state index in [9.17, 15) is 0 Å². The van der Waals surface area contributed by atoms with Crippen LogP contribution in [0.15, 0.2) is 28.8 Å². The van der Waals surface area contributed by atoms with Crippen molar-refractivity contribution in [2.75, 3.05) is 14.2 Å². The molecule has 0 aliphatic carbocycles. The number of methoxy groups -OCH3 is 2. The third-order valence-electron chi connectivity index (χ3n) is 2.25. The average Bonchev–Trinajstić information content (AvgIpc) is 2.74. The second-order valence-electron chi connectivity index (χ2n) is 3.32. The first kappa shape index (κ1) is 10.5. The third kappa shape index (κ3) is 1.74. The molecule has 1 aromatic carbocycles. The van der Waals surface area contributed by atoms with Crippen LogP contribution in [0.4, 0.5) is 0 Å². The molecule has 0 unspecified atom stereocenters. The Bertz CT molecular complexity index is 491. The molecule has 84 valence electrons. The van der Waals surface area contributed by atoms with Crippen LogP contribution in [0.3, 0.4) is 0 Å². The van der Waals surface area contributed by atoms with E-state index in [0.29, 0.717) is 17.4 Å². The molecule has 2 rings (SSSR count). The largest absolute Gasteiger partial charge is 0.493 e.